The molecule has 0 N–H and O–H groups in total. The Hall–Kier alpha value is -0.210. The highest BCUT2D eigenvalue weighted by molar-refractivity contribution is 6.50. The lowest BCUT2D eigenvalue weighted by Crippen LogP contribution is -2.18. The van der Waals surface area contributed by atoms with E-state index in [9.17, 15) is 0 Å². The topological polar surface area (TPSA) is 15.6 Å². The van der Waals surface area contributed by atoms with Crippen LogP contribution in [-0.4, -0.2) is 22.7 Å². The second-order valence-corrected chi connectivity index (χ2v) is 3.16. The van der Waals surface area contributed by atoms with Crippen LogP contribution >= 0.6 is 23.2 Å². The molecule has 0 aromatic heterocycles. The first-order chi connectivity index (χ1) is 4.10. The Morgan fingerprint density at radius 1 is 1.56 bits per heavy atom. The van der Waals surface area contributed by atoms with Crippen molar-refractivity contribution in [2.24, 2.45) is 4.99 Å². The summed E-state index contributed by atoms with van der Waals surface area (Å²) in [4.78, 5) is 5.55. The van der Waals surface area contributed by atoms with E-state index in [0.29, 0.717) is 0 Å². The third-order valence-corrected chi connectivity index (χ3v) is 1.37. The van der Waals surface area contributed by atoms with Crippen molar-refractivity contribution >= 4 is 29.5 Å². The fraction of sp³-hybridized carbons (Fsp3) is 0.400. The van der Waals surface area contributed by atoms with Crippen molar-refractivity contribution in [2.75, 3.05) is 7.05 Å². The van der Waals surface area contributed by atoms with E-state index in [1.165, 1.54) is 0 Å². The van der Waals surface area contributed by atoms with Crippen molar-refractivity contribution in [2.45, 2.75) is 4.46 Å². The van der Waals surface area contributed by atoms with Gasteiger partial charge in [0.05, 0.1) is 6.34 Å². The first-order valence-corrected chi connectivity index (χ1v) is 3.20. The molecule has 0 aromatic carbocycles. The molecule has 0 fully saturated rings. The van der Waals surface area contributed by atoms with Gasteiger partial charge in [-0.15, -0.1) is 0 Å². The summed E-state index contributed by atoms with van der Waals surface area (Å²) < 4.78 is -1.05. The van der Waals surface area contributed by atoms with Crippen molar-refractivity contribution in [3.8, 4) is 0 Å². The quantitative estimate of drug-likeness (QED) is 0.393. The third kappa shape index (κ3) is 1.88. The molecule has 0 atom stereocenters. The minimum atomic E-state index is -1.05. The summed E-state index contributed by atoms with van der Waals surface area (Å²) in [6.07, 6.45) is 4.93. The first-order valence-electron chi connectivity index (χ1n) is 2.45. The molecular formula is C5H6Cl2N2. The summed E-state index contributed by atoms with van der Waals surface area (Å²) >= 11 is 11.2. The van der Waals surface area contributed by atoms with Crippen LogP contribution < -0.4 is 0 Å². The molecule has 1 aliphatic heterocycles. The maximum atomic E-state index is 5.59. The molecule has 9 heavy (non-hydrogen) atoms. The fourth-order valence-corrected chi connectivity index (χ4v) is 0.657. The monoisotopic (exact) mass is 164 g/mol. The summed E-state index contributed by atoms with van der Waals surface area (Å²) in [7, 11) is 1.85. The molecule has 1 aliphatic rings. The summed E-state index contributed by atoms with van der Waals surface area (Å²) in [6.45, 7) is 0. The summed E-state index contributed by atoms with van der Waals surface area (Å²) in [5, 5.41) is 0. The van der Waals surface area contributed by atoms with Gasteiger partial charge in [0.15, 0.2) is 0 Å². The zero-order valence-electron chi connectivity index (χ0n) is 4.88. The van der Waals surface area contributed by atoms with E-state index in [1.54, 1.807) is 23.5 Å². The minimum absolute atomic E-state index is 1.05. The lowest BCUT2D eigenvalue weighted by molar-refractivity contribution is 0.679. The minimum Gasteiger partial charge on any atom is -0.342 e. The van der Waals surface area contributed by atoms with Crippen LogP contribution in [0.3, 0.4) is 0 Å². The molecule has 2 nitrogen and oxygen atoms in total. The molecule has 4 heteroatoms. The molecule has 0 amide bonds. The van der Waals surface area contributed by atoms with E-state index >= 15 is 0 Å². The van der Waals surface area contributed by atoms with Crippen LogP contribution in [0.15, 0.2) is 17.3 Å². The molecule has 0 spiro atoms. The Balaban J connectivity index is 2.70. The Bertz CT molecular complexity index is 146. The van der Waals surface area contributed by atoms with Crippen LogP contribution in [0, 0.1) is 0 Å². The molecule has 0 bridgehead atoms. The zero-order valence-corrected chi connectivity index (χ0v) is 6.39. The Morgan fingerprint density at radius 3 is 2.56 bits per heavy atom. The van der Waals surface area contributed by atoms with Crippen LogP contribution in [0.1, 0.15) is 0 Å². The van der Waals surface area contributed by atoms with Gasteiger partial charge in [0, 0.05) is 13.2 Å². The normalized spacial score (nSPS) is 22.8. The van der Waals surface area contributed by atoms with E-state index in [4.69, 9.17) is 23.2 Å². The van der Waals surface area contributed by atoms with Crippen LogP contribution in [0.4, 0.5) is 0 Å². The van der Waals surface area contributed by atoms with Gasteiger partial charge in [-0.3, -0.25) is 0 Å². The van der Waals surface area contributed by atoms with E-state index in [-0.39, 0.29) is 0 Å². The zero-order chi connectivity index (χ0) is 6.91. The maximum Gasteiger partial charge on any atom is 0.229 e. The first kappa shape index (κ1) is 6.90. The van der Waals surface area contributed by atoms with Gasteiger partial charge in [0.1, 0.15) is 0 Å². The van der Waals surface area contributed by atoms with Crippen LogP contribution in [-0.2, 0) is 0 Å². The standard InChI is InChI=1S/C5H6Cl2N2/c1-9-3-2-5(6,7)8-4-9/h2-4H,1H3. The molecule has 0 unspecified atom stereocenters. The predicted octanol–water partition coefficient (Wildman–Crippen LogP) is 1.61. The van der Waals surface area contributed by atoms with Crippen molar-refractivity contribution in [1.82, 2.24) is 4.90 Å². The lowest BCUT2D eigenvalue weighted by Gasteiger charge is -2.17. The van der Waals surface area contributed by atoms with Gasteiger partial charge < -0.3 is 4.90 Å². The average Bonchev–Trinajstić information content (AvgIpc) is 1.78. The molecular weight excluding hydrogens is 159 g/mol. The Kier molecular flexibility index (Phi) is 1.68. The Labute approximate surface area is 63.8 Å². The number of alkyl halides is 2. The van der Waals surface area contributed by atoms with Crippen molar-refractivity contribution in [3.63, 3.8) is 0 Å². The predicted molar refractivity (Wildman–Crippen MR) is 39.8 cm³/mol. The van der Waals surface area contributed by atoms with E-state index in [0.717, 1.165) is 0 Å². The van der Waals surface area contributed by atoms with Crippen molar-refractivity contribution < 1.29 is 0 Å². The average molecular weight is 165 g/mol. The Morgan fingerprint density at radius 2 is 2.22 bits per heavy atom. The van der Waals surface area contributed by atoms with E-state index < -0.39 is 4.46 Å². The highest BCUT2D eigenvalue weighted by atomic mass is 35.5. The van der Waals surface area contributed by atoms with Gasteiger partial charge in [-0.2, -0.15) is 0 Å². The molecule has 0 aliphatic carbocycles. The lowest BCUT2D eigenvalue weighted by atomic mass is 10.5. The number of nitrogens with zero attached hydrogens (tertiary/aromatic N) is 2. The number of hydrogen-bond acceptors (Lipinski definition) is 2. The number of rotatable bonds is 0. The second-order valence-electron chi connectivity index (χ2n) is 1.81. The number of aliphatic imine (C=N–C) groups is 1. The smallest absolute Gasteiger partial charge is 0.229 e. The SMILES string of the molecule is CN1C=CC(Cl)(Cl)N=C1. The van der Waals surface area contributed by atoms with Crippen molar-refractivity contribution in [3.05, 3.63) is 12.3 Å². The summed E-state index contributed by atoms with van der Waals surface area (Å²) in [5.74, 6) is 0. The van der Waals surface area contributed by atoms with Gasteiger partial charge in [-0.05, 0) is 6.08 Å². The van der Waals surface area contributed by atoms with Gasteiger partial charge in [0.2, 0.25) is 4.46 Å². The molecule has 0 saturated heterocycles. The third-order valence-electron chi connectivity index (χ3n) is 0.922. The van der Waals surface area contributed by atoms with E-state index in [2.05, 4.69) is 4.99 Å². The fourth-order valence-electron chi connectivity index (χ4n) is 0.457. The molecule has 0 aromatic rings. The highest BCUT2D eigenvalue weighted by Gasteiger charge is 2.19. The van der Waals surface area contributed by atoms with Gasteiger partial charge >= 0.3 is 0 Å². The van der Waals surface area contributed by atoms with Crippen LogP contribution in [0.25, 0.3) is 0 Å². The van der Waals surface area contributed by atoms with Crippen LogP contribution in [0.5, 0.6) is 0 Å². The summed E-state index contributed by atoms with van der Waals surface area (Å²) in [6, 6.07) is 0. The largest absolute Gasteiger partial charge is 0.342 e. The molecule has 1 rings (SSSR count). The van der Waals surface area contributed by atoms with Crippen LogP contribution in [0.2, 0.25) is 0 Å². The van der Waals surface area contributed by atoms with Crippen molar-refractivity contribution in [1.29, 1.82) is 0 Å². The van der Waals surface area contributed by atoms with Gasteiger partial charge in [-0.25, -0.2) is 4.99 Å². The van der Waals surface area contributed by atoms with Gasteiger partial charge in [0.25, 0.3) is 0 Å². The number of halogens is 2. The molecule has 1 heterocycles. The maximum absolute atomic E-state index is 5.59. The summed E-state index contributed by atoms with van der Waals surface area (Å²) in [5.41, 5.74) is 0. The van der Waals surface area contributed by atoms with E-state index in [1.807, 2.05) is 7.05 Å². The van der Waals surface area contributed by atoms with Gasteiger partial charge in [-0.1, -0.05) is 23.2 Å². The molecule has 0 saturated carbocycles. The molecule has 0 radical (unpaired) electrons. The number of hydrogen-bond donors (Lipinski definition) is 0. The second kappa shape index (κ2) is 2.20. The molecule has 50 valence electrons. The highest BCUT2D eigenvalue weighted by Crippen LogP contribution is 2.25.